The number of halogens is 1. The summed E-state index contributed by atoms with van der Waals surface area (Å²) in [5.74, 6) is -1.48. The molecule has 0 spiro atoms. The number of ether oxygens (including phenoxy) is 1. The predicted octanol–water partition coefficient (Wildman–Crippen LogP) is 4.72. The van der Waals surface area contributed by atoms with Crippen molar-refractivity contribution in [2.45, 2.75) is 30.8 Å². The van der Waals surface area contributed by atoms with Crippen LogP contribution in [0.1, 0.15) is 16.7 Å². The van der Waals surface area contributed by atoms with Crippen molar-refractivity contribution in [2.75, 3.05) is 25.0 Å². The van der Waals surface area contributed by atoms with Gasteiger partial charge in [0, 0.05) is 25.6 Å². The molecule has 0 aromatic heterocycles. The van der Waals surface area contributed by atoms with E-state index < -0.39 is 40.2 Å². The monoisotopic (exact) mass is 603 g/mol. The third-order valence-electron chi connectivity index (χ3n) is 7.03. The first-order valence-corrected chi connectivity index (χ1v) is 15.1. The van der Waals surface area contributed by atoms with Gasteiger partial charge in [0.2, 0.25) is 11.8 Å². The lowest BCUT2D eigenvalue weighted by Gasteiger charge is -2.34. The van der Waals surface area contributed by atoms with Crippen molar-refractivity contribution in [2.24, 2.45) is 0 Å². The molecule has 0 bridgehead atoms. The predicted molar refractivity (Wildman–Crippen MR) is 164 cm³/mol. The molecule has 0 aliphatic carbocycles. The number of carbonyl (C=O) groups is 2. The summed E-state index contributed by atoms with van der Waals surface area (Å²) in [5.41, 5.74) is 1.86. The maximum absolute atomic E-state index is 14.9. The summed E-state index contributed by atoms with van der Waals surface area (Å²) < 4.78 is 49.6. The van der Waals surface area contributed by atoms with Gasteiger partial charge in [-0.05, 0) is 48.4 Å². The Labute approximate surface area is 251 Å². The van der Waals surface area contributed by atoms with E-state index in [-0.39, 0.29) is 34.9 Å². The average molecular weight is 604 g/mol. The zero-order valence-electron chi connectivity index (χ0n) is 24.2. The van der Waals surface area contributed by atoms with E-state index in [0.29, 0.717) is 0 Å². The zero-order chi connectivity index (χ0) is 31.0. The SMILES string of the molecule is CNC(=O)[C@H](Cc1ccccc1)N(Cc1ccccc1F)C(=O)CN(c1cc(C)ccc1OC)S(=O)(=O)c1ccccc1. The Bertz CT molecular complexity index is 1670. The molecule has 0 unspecified atom stereocenters. The lowest BCUT2D eigenvalue weighted by atomic mass is 10.0. The minimum absolute atomic E-state index is 0.0286. The van der Waals surface area contributed by atoms with E-state index in [4.69, 9.17) is 4.74 Å². The summed E-state index contributed by atoms with van der Waals surface area (Å²) in [5, 5.41) is 2.61. The number of nitrogens with zero attached hydrogens (tertiary/aromatic N) is 2. The molecule has 4 aromatic rings. The molecule has 4 aromatic carbocycles. The van der Waals surface area contributed by atoms with Crippen molar-refractivity contribution in [3.63, 3.8) is 0 Å². The Balaban J connectivity index is 1.84. The first-order valence-electron chi connectivity index (χ1n) is 13.7. The molecule has 0 heterocycles. The minimum atomic E-state index is -4.29. The molecular weight excluding hydrogens is 569 g/mol. The molecule has 224 valence electrons. The quantitative estimate of drug-likeness (QED) is 0.253. The first-order chi connectivity index (χ1) is 20.6. The molecule has 0 saturated heterocycles. The number of hydrogen-bond acceptors (Lipinski definition) is 5. The van der Waals surface area contributed by atoms with Crippen LogP contribution in [0.2, 0.25) is 0 Å². The van der Waals surface area contributed by atoms with E-state index in [1.54, 1.807) is 49.4 Å². The van der Waals surface area contributed by atoms with Gasteiger partial charge in [-0.2, -0.15) is 0 Å². The van der Waals surface area contributed by atoms with Gasteiger partial charge in [0.15, 0.2) is 0 Å². The van der Waals surface area contributed by atoms with Gasteiger partial charge >= 0.3 is 0 Å². The van der Waals surface area contributed by atoms with Gasteiger partial charge in [0.25, 0.3) is 10.0 Å². The number of sulfonamides is 1. The van der Waals surface area contributed by atoms with Crippen LogP contribution in [0, 0.1) is 12.7 Å². The number of amides is 2. The summed E-state index contributed by atoms with van der Waals surface area (Å²) in [6, 6.07) is 26.8. The fourth-order valence-electron chi connectivity index (χ4n) is 4.76. The van der Waals surface area contributed by atoms with Gasteiger partial charge < -0.3 is 15.0 Å². The van der Waals surface area contributed by atoms with E-state index >= 15 is 0 Å². The maximum Gasteiger partial charge on any atom is 0.264 e. The molecule has 10 heteroatoms. The van der Waals surface area contributed by atoms with E-state index in [2.05, 4.69) is 5.32 Å². The molecular formula is C33H34FN3O5S. The molecule has 0 saturated carbocycles. The van der Waals surface area contributed by atoms with Crippen LogP contribution in [0.4, 0.5) is 10.1 Å². The third kappa shape index (κ3) is 7.39. The highest BCUT2D eigenvalue weighted by atomic mass is 32.2. The van der Waals surface area contributed by atoms with Crippen LogP contribution < -0.4 is 14.4 Å². The topological polar surface area (TPSA) is 96.0 Å². The molecule has 0 radical (unpaired) electrons. The van der Waals surface area contributed by atoms with Crippen LogP contribution in [0.15, 0.2) is 108 Å². The van der Waals surface area contributed by atoms with E-state index in [1.165, 1.54) is 49.4 Å². The highest BCUT2D eigenvalue weighted by Gasteiger charge is 2.35. The maximum atomic E-state index is 14.9. The van der Waals surface area contributed by atoms with Crippen molar-refractivity contribution >= 4 is 27.5 Å². The molecule has 4 rings (SSSR count). The number of rotatable bonds is 12. The van der Waals surface area contributed by atoms with Crippen LogP contribution in [-0.4, -0.2) is 51.9 Å². The van der Waals surface area contributed by atoms with Crippen LogP contribution in [0.5, 0.6) is 5.75 Å². The van der Waals surface area contributed by atoms with Crippen LogP contribution in [-0.2, 0) is 32.6 Å². The fraction of sp³-hybridized carbons (Fsp3) is 0.212. The second kappa shape index (κ2) is 14.0. The van der Waals surface area contributed by atoms with E-state index in [1.807, 2.05) is 30.3 Å². The summed E-state index contributed by atoms with van der Waals surface area (Å²) in [6.07, 6.45) is 0.125. The van der Waals surface area contributed by atoms with Gasteiger partial charge in [0.05, 0.1) is 17.7 Å². The molecule has 43 heavy (non-hydrogen) atoms. The highest BCUT2D eigenvalue weighted by molar-refractivity contribution is 7.92. The largest absolute Gasteiger partial charge is 0.495 e. The summed E-state index contributed by atoms with van der Waals surface area (Å²) >= 11 is 0. The lowest BCUT2D eigenvalue weighted by Crippen LogP contribution is -2.53. The Morgan fingerprint density at radius 3 is 2.16 bits per heavy atom. The number of anilines is 1. The van der Waals surface area contributed by atoms with E-state index in [0.717, 1.165) is 15.4 Å². The Morgan fingerprint density at radius 1 is 0.907 bits per heavy atom. The second-order valence-corrected chi connectivity index (χ2v) is 11.8. The smallest absolute Gasteiger partial charge is 0.264 e. The summed E-state index contributed by atoms with van der Waals surface area (Å²) in [7, 11) is -1.43. The third-order valence-corrected chi connectivity index (χ3v) is 8.80. The first kappa shape index (κ1) is 31.2. The second-order valence-electron chi connectivity index (χ2n) is 9.93. The van der Waals surface area contributed by atoms with Crippen molar-refractivity contribution in [3.8, 4) is 5.75 Å². The van der Waals surface area contributed by atoms with Crippen LogP contribution >= 0.6 is 0 Å². The van der Waals surface area contributed by atoms with Crippen molar-refractivity contribution in [1.82, 2.24) is 10.2 Å². The van der Waals surface area contributed by atoms with Gasteiger partial charge in [-0.3, -0.25) is 13.9 Å². The van der Waals surface area contributed by atoms with Gasteiger partial charge in [-0.15, -0.1) is 0 Å². The zero-order valence-corrected chi connectivity index (χ0v) is 25.1. The van der Waals surface area contributed by atoms with Crippen molar-refractivity contribution < 1.29 is 27.1 Å². The molecule has 0 aliphatic heterocycles. The number of aryl methyl sites for hydroxylation is 1. The minimum Gasteiger partial charge on any atom is -0.495 e. The molecule has 0 fully saturated rings. The number of likely N-dealkylation sites (N-methyl/N-ethyl adjacent to an activating group) is 1. The standard InChI is InChI=1S/C33H34FN3O5S/c1-24-18-19-31(42-3)29(20-24)37(43(40,41)27-15-8-5-9-16-27)23-32(38)36(22-26-14-10-11-17-28(26)34)30(33(39)35-2)21-25-12-6-4-7-13-25/h4-20,30H,21-23H2,1-3H3,(H,35,39)/t30-/m0/s1. The van der Waals surface area contributed by atoms with Gasteiger partial charge in [0.1, 0.15) is 24.2 Å². The van der Waals surface area contributed by atoms with Crippen molar-refractivity contribution in [1.29, 1.82) is 0 Å². The number of methoxy groups -OCH3 is 1. The molecule has 8 nitrogen and oxygen atoms in total. The summed E-state index contributed by atoms with van der Waals surface area (Å²) in [4.78, 5) is 28.8. The Hall–Kier alpha value is -4.70. The van der Waals surface area contributed by atoms with Crippen LogP contribution in [0.3, 0.4) is 0 Å². The van der Waals surface area contributed by atoms with Gasteiger partial charge in [-0.25, -0.2) is 12.8 Å². The van der Waals surface area contributed by atoms with Crippen molar-refractivity contribution in [3.05, 3.63) is 126 Å². The van der Waals surface area contributed by atoms with E-state index in [9.17, 15) is 22.4 Å². The number of hydrogen-bond donors (Lipinski definition) is 1. The number of nitrogens with one attached hydrogen (secondary N) is 1. The Kier molecular flexibility index (Phi) is 10.2. The summed E-state index contributed by atoms with van der Waals surface area (Å²) in [6.45, 7) is 0.860. The fourth-order valence-corrected chi connectivity index (χ4v) is 6.20. The number of benzene rings is 4. The Morgan fingerprint density at radius 2 is 1.53 bits per heavy atom. The highest BCUT2D eigenvalue weighted by Crippen LogP contribution is 2.34. The normalized spacial score (nSPS) is 11.8. The van der Waals surface area contributed by atoms with Crippen LogP contribution in [0.25, 0.3) is 0 Å². The molecule has 0 aliphatic rings. The van der Waals surface area contributed by atoms with Gasteiger partial charge in [-0.1, -0.05) is 72.8 Å². The number of carbonyl (C=O) groups excluding carboxylic acids is 2. The lowest BCUT2D eigenvalue weighted by molar-refractivity contribution is -0.139. The molecule has 1 atom stereocenters. The molecule has 1 N–H and O–H groups in total. The molecule has 2 amide bonds. The average Bonchev–Trinajstić information content (AvgIpc) is 3.02.